The normalized spacial score (nSPS) is 12.0. The molecule has 0 radical (unpaired) electrons. The molecule has 3 aromatic heterocycles. The molecule has 3 heterocycles. The lowest BCUT2D eigenvalue weighted by molar-refractivity contribution is 1.17. The first-order valence-electron chi connectivity index (χ1n) is 18.9. The van der Waals surface area contributed by atoms with Gasteiger partial charge in [-0.05, 0) is 83.2 Å². The summed E-state index contributed by atoms with van der Waals surface area (Å²) in [5.74, 6) is 0. The van der Waals surface area contributed by atoms with Crippen LogP contribution in [0.4, 0.5) is 0 Å². The van der Waals surface area contributed by atoms with Crippen molar-refractivity contribution in [3.8, 4) is 28.2 Å². The van der Waals surface area contributed by atoms with Gasteiger partial charge in [-0.25, -0.2) is 0 Å². The summed E-state index contributed by atoms with van der Waals surface area (Å²) in [5.41, 5.74) is 13.1. The van der Waals surface area contributed by atoms with Gasteiger partial charge in [-0.15, -0.1) is 0 Å². The summed E-state index contributed by atoms with van der Waals surface area (Å²) in [6.45, 7) is 0. The van der Waals surface area contributed by atoms with Gasteiger partial charge in [0.1, 0.15) is 0 Å². The maximum atomic E-state index is 2.45. The number of nitrogens with zero attached hydrogens (tertiary/aromatic N) is 3. The molecule has 12 aromatic rings. The molecular weight excluding hydrogens is 667 g/mol. The highest BCUT2D eigenvalue weighted by Gasteiger charge is 2.21. The lowest BCUT2D eigenvalue weighted by Gasteiger charge is -2.13. The molecule has 55 heavy (non-hydrogen) atoms. The molecule has 0 spiro atoms. The van der Waals surface area contributed by atoms with E-state index in [-0.39, 0.29) is 0 Å². The number of aromatic nitrogens is 3. The Morgan fingerprint density at radius 2 is 0.764 bits per heavy atom. The number of hydrogen-bond donors (Lipinski definition) is 0. The molecule has 0 amide bonds. The molecular formula is C52H33N3. The fourth-order valence-corrected chi connectivity index (χ4v) is 9.29. The van der Waals surface area contributed by atoms with Crippen molar-refractivity contribution >= 4 is 76.2 Å². The van der Waals surface area contributed by atoms with Gasteiger partial charge in [0.05, 0.1) is 38.8 Å². The smallest absolute Gasteiger partial charge is 0.0548 e. The van der Waals surface area contributed by atoms with E-state index in [1.165, 1.54) is 98.7 Å². The van der Waals surface area contributed by atoms with E-state index in [4.69, 9.17) is 0 Å². The average molecular weight is 700 g/mol. The van der Waals surface area contributed by atoms with Gasteiger partial charge in [-0.3, -0.25) is 0 Å². The van der Waals surface area contributed by atoms with Gasteiger partial charge in [-0.2, -0.15) is 0 Å². The van der Waals surface area contributed by atoms with Crippen LogP contribution in [-0.4, -0.2) is 13.7 Å². The quantitative estimate of drug-likeness (QED) is 0.174. The molecule has 0 N–H and O–H groups in total. The Morgan fingerprint density at radius 3 is 1.49 bits per heavy atom. The molecule has 0 saturated carbocycles. The fourth-order valence-electron chi connectivity index (χ4n) is 9.29. The maximum absolute atomic E-state index is 2.45. The standard InChI is InChI=1S/C52H33N3/c1-2-17-37(18-3-1)53-46-25-10-7-22-42(46)51-48(53)30-31-49-52(51)43-23-8-11-26-47(43)54(49)38-19-12-16-35(32-38)36-28-29-41-40-21-6-9-24-45(40)55(50(41)33-36)44-27-13-15-34-14-4-5-20-39(34)44/h1-33H. The third-order valence-electron chi connectivity index (χ3n) is 11.6. The van der Waals surface area contributed by atoms with E-state index in [0.717, 1.165) is 5.69 Å². The van der Waals surface area contributed by atoms with Crippen molar-refractivity contribution in [2.24, 2.45) is 0 Å². The van der Waals surface area contributed by atoms with E-state index >= 15 is 0 Å². The summed E-state index contributed by atoms with van der Waals surface area (Å²) < 4.78 is 7.31. The van der Waals surface area contributed by atoms with Gasteiger partial charge in [0.25, 0.3) is 0 Å². The van der Waals surface area contributed by atoms with Gasteiger partial charge in [0, 0.05) is 49.1 Å². The average Bonchev–Trinajstić information content (AvgIpc) is 3.89. The minimum Gasteiger partial charge on any atom is -0.309 e. The zero-order chi connectivity index (χ0) is 36.0. The van der Waals surface area contributed by atoms with Gasteiger partial charge in [-0.1, -0.05) is 133 Å². The van der Waals surface area contributed by atoms with Crippen molar-refractivity contribution in [1.82, 2.24) is 13.7 Å². The van der Waals surface area contributed by atoms with Crippen molar-refractivity contribution in [2.45, 2.75) is 0 Å². The highest BCUT2D eigenvalue weighted by atomic mass is 15.0. The summed E-state index contributed by atoms with van der Waals surface area (Å²) in [7, 11) is 0. The van der Waals surface area contributed by atoms with Crippen molar-refractivity contribution in [2.75, 3.05) is 0 Å². The fraction of sp³-hybridized carbons (Fsp3) is 0. The Hall–Kier alpha value is -7.36. The van der Waals surface area contributed by atoms with Crippen LogP contribution in [0.3, 0.4) is 0 Å². The zero-order valence-corrected chi connectivity index (χ0v) is 29.9. The maximum Gasteiger partial charge on any atom is 0.0548 e. The molecule has 12 rings (SSSR count). The predicted octanol–water partition coefficient (Wildman–Crippen LogP) is 13.8. The lowest BCUT2D eigenvalue weighted by atomic mass is 10.0. The van der Waals surface area contributed by atoms with Crippen LogP contribution in [0.2, 0.25) is 0 Å². The summed E-state index contributed by atoms with van der Waals surface area (Å²) in [5, 5.41) is 10.1. The molecule has 0 aliphatic rings. The SMILES string of the molecule is c1ccc(-n2c3ccccc3c3c4c5ccccc5n(-c5cccc(-c6ccc7c8ccccc8n(-c8cccc9ccccc89)c7c6)c5)c4ccc32)cc1. The van der Waals surface area contributed by atoms with Crippen LogP contribution in [0.25, 0.3) is 104 Å². The molecule has 256 valence electrons. The number of para-hydroxylation sites is 4. The van der Waals surface area contributed by atoms with Gasteiger partial charge in [0.15, 0.2) is 0 Å². The molecule has 3 nitrogen and oxygen atoms in total. The Bertz CT molecular complexity index is 3480. The first kappa shape index (κ1) is 30.1. The third kappa shape index (κ3) is 4.32. The first-order chi connectivity index (χ1) is 27.3. The molecule has 0 bridgehead atoms. The Morgan fingerprint density at radius 1 is 0.255 bits per heavy atom. The molecule has 0 saturated heterocycles. The molecule has 0 atom stereocenters. The third-order valence-corrected chi connectivity index (χ3v) is 11.6. The second-order valence-electron chi connectivity index (χ2n) is 14.5. The van der Waals surface area contributed by atoms with E-state index in [1.54, 1.807) is 0 Å². The summed E-state index contributed by atoms with van der Waals surface area (Å²) in [6, 6.07) is 73.2. The minimum absolute atomic E-state index is 1.14. The molecule has 0 aliphatic carbocycles. The summed E-state index contributed by atoms with van der Waals surface area (Å²) >= 11 is 0. The van der Waals surface area contributed by atoms with E-state index in [0.29, 0.717) is 0 Å². The van der Waals surface area contributed by atoms with Crippen LogP contribution in [0.1, 0.15) is 0 Å². The van der Waals surface area contributed by atoms with Crippen LogP contribution >= 0.6 is 0 Å². The number of fused-ring (bicyclic) bond motifs is 11. The van der Waals surface area contributed by atoms with Crippen molar-refractivity contribution in [3.05, 3.63) is 200 Å². The van der Waals surface area contributed by atoms with Gasteiger partial charge in [0.2, 0.25) is 0 Å². The largest absolute Gasteiger partial charge is 0.309 e. The van der Waals surface area contributed by atoms with E-state index in [2.05, 4.69) is 214 Å². The molecule has 9 aromatic carbocycles. The zero-order valence-electron chi connectivity index (χ0n) is 29.9. The predicted molar refractivity (Wildman–Crippen MR) is 232 cm³/mol. The van der Waals surface area contributed by atoms with E-state index in [1.807, 2.05) is 0 Å². The number of hydrogen-bond acceptors (Lipinski definition) is 0. The van der Waals surface area contributed by atoms with Crippen LogP contribution in [-0.2, 0) is 0 Å². The van der Waals surface area contributed by atoms with Crippen LogP contribution < -0.4 is 0 Å². The Balaban J connectivity index is 1.09. The lowest BCUT2D eigenvalue weighted by Crippen LogP contribution is -1.96. The Kier molecular flexibility index (Phi) is 6.34. The minimum atomic E-state index is 1.14. The highest BCUT2D eigenvalue weighted by Crippen LogP contribution is 2.43. The number of rotatable bonds is 4. The van der Waals surface area contributed by atoms with Crippen molar-refractivity contribution in [1.29, 1.82) is 0 Å². The molecule has 0 fully saturated rings. The monoisotopic (exact) mass is 699 g/mol. The van der Waals surface area contributed by atoms with Gasteiger partial charge < -0.3 is 13.7 Å². The second kappa shape index (κ2) is 11.6. The first-order valence-corrected chi connectivity index (χ1v) is 18.9. The van der Waals surface area contributed by atoms with Gasteiger partial charge >= 0.3 is 0 Å². The summed E-state index contributed by atoms with van der Waals surface area (Å²) in [4.78, 5) is 0. The second-order valence-corrected chi connectivity index (χ2v) is 14.5. The van der Waals surface area contributed by atoms with Crippen molar-refractivity contribution < 1.29 is 0 Å². The Labute approximate surface area is 317 Å². The molecule has 0 unspecified atom stereocenters. The summed E-state index contributed by atoms with van der Waals surface area (Å²) in [6.07, 6.45) is 0. The highest BCUT2D eigenvalue weighted by molar-refractivity contribution is 6.29. The molecule has 0 aliphatic heterocycles. The number of benzene rings is 9. The topological polar surface area (TPSA) is 14.8 Å². The van der Waals surface area contributed by atoms with Crippen LogP contribution in [0, 0.1) is 0 Å². The van der Waals surface area contributed by atoms with Crippen LogP contribution in [0.5, 0.6) is 0 Å². The molecule has 3 heteroatoms. The van der Waals surface area contributed by atoms with Crippen molar-refractivity contribution in [3.63, 3.8) is 0 Å². The van der Waals surface area contributed by atoms with Crippen LogP contribution in [0.15, 0.2) is 200 Å². The van der Waals surface area contributed by atoms with E-state index < -0.39 is 0 Å². The van der Waals surface area contributed by atoms with E-state index in [9.17, 15) is 0 Å².